The molecule has 0 aliphatic carbocycles. The molecule has 28 heavy (non-hydrogen) atoms. The zero-order valence-electron chi connectivity index (χ0n) is 14.4. The quantitative estimate of drug-likeness (QED) is 0.557. The normalized spacial score (nSPS) is 15.6. The molecule has 3 rings (SSSR count). The molecule has 1 aromatic heterocycles. The third kappa shape index (κ3) is 4.33. The van der Waals surface area contributed by atoms with Crippen molar-refractivity contribution in [3.8, 4) is 0 Å². The van der Waals surface area contributed by atoms with Crippen molar-refractivity contribution in [1.29, 1.82) is 0 Å². The lowest BCUT2D eigenvalue weighted by atomic mass is 10.1. The van der Waals surface area contributed by atoms with E-state index in [-0.39, 0.29) is 10.2 Å². The van der Waals surface area contributed by atoms with E-state index in [4.69, 9.17) is 0 Å². The van der Waals surface area contributed by atoms with Crippen LogP contribution in [0.15, 0.2) is 28.7 Å². The largest absolute Gasteiger partial charge is 0.416 e. The first kappa shape index (κ1) is 20.3. The van der Waals surface area contributed by atoms with E-state index in [1.165, 1.54) is 11.0 Å². The predicted octanol–water partition coefficient (Wildman–Crippen LogP) is 3.06. The molecule has 12 heteroatoms. The number of benzene rings is 1. The van der Waals surface area contributed by atoms with E-state index in [9.17, 15) is 28.1 Å². The fraction of sp³-hybridized carbons (Fsp3) is 0.375. The molecular formula is C16H15BrF3N5O3. The molecule has 0 atom stereocenters. The molecule has 1 amide bonds. The van der Waals surface area contributed by atoms with Crippen LogP contribution >= 0.6 is 15.9 Å². The summed E-state index contributed by atoms with van der Waals surface area (Å²) in [6.07, 6.45) is -4.39. The van der Waals surface area contributed by atoms with Gasteiger partial charge in [-0.25, -0.2) is 0 Å². The summed E-state index contributed by atoms with van der Waals surface area (Å²) in [5, 5.41) is 16.8. The Kier molecular flexibility index (Phi) is 5.70. The Labute approximate surface area is 165 Å². The number of rotatable bonds is 4. The van der Waals surface area contributed by atoms with Crippen LogP contribution in [0.2, 0.25) is 0 Å². The van der Waals surface area contributed by atoms with Gasteiger partial charge in [0, 0.05) is 32.7 Å². The van der Waals surface area contributed by atoms with Crippen molar-refractivity contribution in [2.24, 2.45) is 0 Å². The summed E-state index contributed by atoms with van der Waals surface area (Å²) in [5.74, 6) is -0.846. The number of halogens is 4. The standard InChI is InChI=1S/C16H15BrF3N5O3/c17-12-13(21-22-14(12)25(27)28)15(26)24-6-4-23(5-7-24)9-10-2-1-3-11(8-10)16(18,19)20/h1-3,8H,4-7,9H2,(H,21,22). The van der Waals surface area contributed by atoms with Crippen LogP contribution in [-0.4, -0.2) is 57.0 Å². The van der Waals surface area contributed by atoms with Crippen LogP contribution in [0, 0.1) is 10.1 Å². The first-order valence-electron chi connectivity index (χ1n) is 8.23. The summed E-state index contributed by atoms with van der Waals surface area (Å²) >= 11 is 3.01. The van der Waals surface area contributed by atoms with Gasteiger partial charge in [0.1, 0.15) is 4.47 Å². The second kappa shape index (κ2) is 7.87. The van der Waals surface area contributed by atoms with Crippen LogP contribution in [0.1, 0.15) is 21.6 Å². The third-order valence-corrected chi connectivity index (χ3v) is 5.15. The van der Waals surface area contributed by atoms with Crippen LogP contribution in [0.25, 0.3) is 0 Å². The predicted molar refractivity (Wildman–Crippen MR) is 95.6 cm³/mol. The molecule has 0 radical (unpaired) electrons. The van der Waals surface area contributed by atoms with E-state index in [1.807, 2.05) is 4.90 Å². The van der Waals surface area contributed by atoms with Gasteiger partial charge in [0.2, 0.25) is 0 Å². The molecule has 1 N–H and O–H groups in total. The number of alkyl halides is 3. The first-order valence-corrected chi connectivity index (χ1v) is 9.02. The van der Waals surface area contributed by atoms with Crippen molar-refractivity contribution in [3.63, 3.8) is 0 Å². The molecule has 2 heterocycles. The highest BCUT2D eigenvalue weighted by Gasteiger charge is 2.32. The minimum absolute atomic E-state index is 0.00565. The van der Waals surface area contributed by atoms with E-state index in [2.05, 4.69) is 26.1 Å². The monoisotopic (exact) mass is 461 g/mol. The second-order valence-corrected chi connectivity index (χ2v) is 7.05. The zero-order valence-corrected chi connectivity index (χ0v) is 16.0. The second-order valence-electron chi connectivity index (χ2n) is 6.26. The molecule has 2 aromatic rings. The van der Waals surface area contributed by atoms with E-state index in [0.717, 1.165) is 12.1 Å². The van der Waals surface area contributed by atoms with Gasteiger partial charge in [-0.2, -0.15) is 13.2 Å². The molecule has 0 bridgehead atoms. The number of carbonyl (C=O) groups is 1. The molecule has 150 valence electrons. The smallest absolute Gasteiger partial charge is 0.358 e. The van der Waals surface area contributed by atoms with Gasteiger partial charge in [-0.3, -0.25) is 9.69 Å². The van der Waals surface area contributed by atoms with Gasteiger partial charge >= 0.3 is 12.0 Å². The lowest BCUT2D eigenvalue weighted by Crippen LogP contribution is -2.48. The summed E-state index contributed by atoms with van der Waals surface area (Å²) in [7, 11) is 0. The maximum Gasteiger partial charge on any atom is 0.416 e. The molecule has 8 nitrogen and oxygen atoms in total. The molecule has 0 spiro atoms. The zero-order chi connectivity index (χ0) is 20.5. The summed E-state index contributed by atoms with van der Waals surface area (Å²) in [5.41, 5.74) is -0.220. The Morgan fingerprint density at radius 3 is 2.54 bits per heavy atom. The first-order chi connectivity index (χ1) is 13.2. The number of hydrogen-bond acceptors (Lipinski definition) is 5. The number of hydrogen-bond donors (Lipinski definition) is 1. The summed E-state index contributed by atoms with van der Waals surface area (Å²) in [6, 6.07) is 5.16. The molecule has 1 aliphatic heterocycles. The van der Waals surface area contributed by atoms with Gasteiger partial charge in [-0.15, -0.1) is 5.10 Å². The molecule has 1 aromatic carbocycles. The number of carbonyl (C=O) groups excluding carboxylic acids is 1. The topological polar surface area (TPSA) is 95.4 Å². The van der Waals surface area contributed by atoms with Gasteiger partial charge in [0.15, 0.2) is 5.69 Å². The Balaban J connectivity index is 1.60. The lowest BCUT2D eigenvalue weighted by Gasteiger charge is -2.34. The van der Waals surface area contributed by atoms with Crippen molar-refractivity contribution < 1.29 is 22.9 Å². The minimum atomic E-state index is -4.39. The Hall–Kier alpha value is -2.47. The van der Waals surface area contributed by atoms with Crippen molar-refractivity contribution in [2.45, 2.75) is 12.7 Å². The maximum atomic E-state index is 12.8. The van der Waals surface area contributed by atoms with Gasteiger partial charge in [0.05, 0.1) is 5.56 Å². The Morgan fingerprint density at radius 1 is 1.29 bits per heavy atom. The fourth-order valence-corrected chi connectivity index (χ4v) is 3.44. The van der Waals surface area contributed by atoms with Crippen LogP contribution in [-0.2, 0) is 12.7 Å². The van der Waals surface area contributed by atoms with Gasteiger partial charge in [-0.05, 0) is 32.5 Å². The molecule has 1 fully saturated rings. The summed E-state index contributed by atoms with van der Waals surface area (Å²) < 4.78 is 38.5. The highest BCUT2D eigenvalue weighted by atomic mass is 79.9. The summed E-state index contributed by atoms with van der Waals surface area (Å²) in [6.45, 7) is 1.94. The Bertz CT molecular complexity index is 894. The minimum Gasteiger partial charge on any atom is -0.358 e. The highest BCUT2D eigenvalue weighted by Crippen LogP contribution is 2.30. The number of nitro groups is 1. The summed E-state index contributed by atoms with van der Waals surface area (Å²) in [4.78, 5) is 26.1. The molecule has 1 saturated heterocycles. The molecule has 0 saturated carbocycles. The SMILES string of the molecule is O=C(c1n[nH]c([N+](=O)[O-])c1Br)N1CCN(Cc2cccc(C(F)(F)F)c2)CC1. The van der Waals surface area contributed by atoms with E-state index >= 15 is 0 Å². The lowest BCUT2D eigenvalue weighted by molar-refractivity contribution is -0.390. The number of aromatic amines is 1. The van der Waals surface area contributed by atoms with Crippen molar-refractivity contribution in [3.05, 3.63) is 55.7 Å². The van der Waals surface area contributed by atoms with Crippen LogP contribution in [0.3, 0.4) is 0 Å². The highest BCUT2D eigenvalue weighted by molar-refractivity contribution is 9.10. The van der Waals surface area contributed by atoms with Crippen molar-refractivity contribution in [2.75, 3.05) is 26.2 Å². The van der Waals surface area contributed by atoms with Crippen molar-refractivity contribution in [1.82, 2.24) is 20.0 Å². The average Bonchev–Trinajstić information content (AvgIpc) is 3.03. The number of nitrogens with zero attached hydrogens (tertiary/aromatic N) is 4. The van der Waals surface area contributed by atoms with E-state index in [1.54, 1.807) is 6.07 Å². The van der Waals surface area contributed by atoms with E-state index < -0.39 is 28.4 Å². The number of piperazine rings is 1. The maximum absolute atomic E-state index is 12.8. The third-order valence-electron chi connectivity index (χ3n) is 4.39. The van der Waals surface area contributed by atoms with Crippen LogP contribution in [0.4, 0.5) is 19.0 Å². The van der Waals surface area contributed by atoms with Gasteiger partial charge < -0.3 is 15.0 Å². The number of aromatic nitrogens is 2. The van der Waals surface area contributed by atoms with Crippen molar-refractivity contribution >= 4 is 27.7 Å². The number of nitrogens with one attached hydrogen (secondary N) is 1. The average molecular weight is 462 g/mol. The molecular weight excluding hydrogens is 447 g/mol. The Morgan fingerprint density at radius 2 is 1.96 bits per heavy atom. The molecule has 0 unspecified atom stereocenters. The molecule has 1 aliphatic rings. The van der Waals surface area contributed by atoms with E-state index in [0.29, 0.717) is 38.3 Å². The van der Waals surface area contributed by atoms with Gasteiger partial charge in [-0.1, -0.05) is 23.3 Å². The number of H-pyrrole nitrogens is 1. The fourth-order valence-electron chi connectivity index (χ4n) is 2.94. The van der Waals surface area contributed by atoms with Crippen LogP contribution in [0.5, 0.6) is 0 Å². The number of amides is 1. The van der Waals surface area contributed by atoms with Crippen LogP contribution < -0.4 is 0 Å². The van der Waals surface area contributed by atoms with Gasteiger partial charge in [0.25, 0.3) is 5.91 Å².